The molecular formula is C26H33F2NO2. The summed E-state index contributed by atoms with van der Waals surface area (Å²) in [6, 6.07) is 18.7. The number of hydrogen-bond donors (Lipinski definition) is 0. The molecule has 168 valence electrons. The van der Waals surface area contributed by atoms with Gasteiger partial charge in [0.05, 0.1) is 13.2 Å². The lowest BCUT2D eigenvalue weighted by Crippen LogP contribution is -2.46. The maximum absolute atomic E-state index is 15.3. The van der Waals surface area contributed by atoms with E-state index in [9.17, 15) is 0 Å². The van der Waals surface area contributed by atoms with Gasteiger partial charge in [-0.15, -0.1) is 0 Å². The van der Waals surface area contributed by atoms with Gasteiger partial charge in [0.1, 0.15) is 18.2 Å². The van der Waals surface area contributed by atoms with Crippen molar-refractivity contribution < 1.29 is 18.3 Å². The monoisotopic (exact) mass is 429 g/mol. The van der Waals surface area contributed by atoms with E-state index in [1.54, 1.807) is 6.92 Å². The van der Waals surface area contributed by atoms with Crippen LogP contribution in [0.25, 0.3) is 0 Å². The van der Waals surface area contributed by atoms with Crippen LogP contribution in [-0.4, -0.2) is 41.7 Å². The average molecular weight is 430 g/mol. The molecule has 2 aromatic carbocycles. The van der Waals surface area contributed by atoms with Crippen LogP contribution < -0.4 is 0 Å². The second-order valence-corrected chi connectivity index (χ2v) is 8.95. The van der Waals surface area contributed by atoms with Gasteiger partial charge in [-0.05, 0) is 17.5 Å². The van der Waals surface area contributed by atoms with Gasteiger partial charge in [-0.2, -0.15) is 0 Å². The van der Waals surface area contributed by atoms with Crippen molar-refractivity contribution in [2.24, 2.45) is 5.92 Å². The highest BCUT2D eigenvalue weighted by molar-refractivity contribution is 5.17. The largest absolute Gasteiger partial charge is 0.369 e. The van der Waals surface area contributed by atoms with E-state index in [-0.39, 0.29) is 12.1 Å². The zero-order valence-corrected chi connectivity index (χ0v) is 18.4. The SMILES string of the molecule is CCCC[C@H]1[C@H](OCc2ccccc2)[C@@H](OCc2ccccc2)[C@H]2N1C[C@H](C)C2(F)F. The fourth-order valence-electron chi connectivity index (χ4n) is 5.07. The van der Waals surface area contributed by atoms with Crippen LogP contribution in [0.2, 0.25) is 0 Å². The Morgan fingerprint density at radius 2 is 1.45 bits per heavy atom. The minimum Gasteiger partial charge on any atom is -0.369 e. The highest BCUT2D eigenvalue weighted by atomic mass is 19.3. The fraction of sp³-hybridized carbons (Fsp3) is 0.538. The summed E-state index contributed by atoms with van der Waals surface area (Å²) in [7, 11) is 0. The number of hydrogen-bond acceptors (Lipinski definition) is 3. The summed E-state index contributed by atoms with van der Waals surface area (Å²) >= 11 is 0. The van der Waals surface area contributed by atoms with Crippen molar-refractivity contribution in [3.63, 3.8) is 0 Å². The molecule has 31 heavy (non-hydrogen) atoms. The standard InChI is InChI=1S/C26H33F2NO2/c1-3-4-15-22-23(30-17-20-11-7-5-8-12-20)24(31-18-21-13-9-6-10-14-21)25-26(27,28)19(2)16-29(22)25/h5-14,19,22-25H,3-4,15-18H2,1-2H3/t19-,22-,23-,24+,25+/m0/s1. The van der Waals surface area contributed by atoms with Crippen molar-refractivity contribution in [3.8, 4) is 0 Å². The van der Waals surface area contributed by atoms with E-state index in [2.05, 4.69) is 6.92 Å². The van der Waals surface area contributed by atoms with Crippen molar-refractivity contribution in [1.29, 1.82) is 0 Å². The molecule has 0 saturated carbocycles. The van der Waals surface area contributed by atoms with E-state index in [1.165, 1.54) is 0 Å². The second-order valence-electron chi connectivity index (χ2n) is 8.95. The van der Waals surface area contributed by atoms with Crippen LogP contribution in [0.4, 0.5) is 8.78 Å². The Labute approximate surface area is 184 Å². The van der Waals surface area contributed by atoms with Crippen LogP contribution in [0, 0.1) is 5.92 Å². The number of ether oxygens (including phenoxy) is 2. The first kappa shape index (κ1) is 22.4. The first-order chi connectivity index (χ1) is 15.0. The van der Waals surface area contributed by atoms with E-state index in [0.717, 1.165) is 30.4 Å². The second kappa shape index (κ2) is 9.76. The zero-order chi connectivity index (χ0) is 21.8. The fourth-order valence-corrected chi connectivity index (χ4v) is 5.07. The summed E-state index contributed by atoms with van der Waals surface area (Å²) in [6.45, 7) is 4.90. The van der Waals surface area contributed by atoms with Gasteiger partial charge in [-0.1, -0.05) is 87.4 Å². The van der Waals surface area contributed by atoms with Gasteiger partial charge in [0.15, 0.2) is 0 Å². The molecule has 0 bridgehead atoms. The molecule has 3 nitrogen and oxygen atoms in total. The molecule has 2 saturated heterocycles. The van der Waals surface area contributed by atoms with E-state index < -0.39 is 24.0 Å². The van der Waals surface area contributed by atoms with Gasteiger partial charge in [0, 0.05) is 18.5 Å². The molecule has 2 aliphatic rings. The third kappa shape index (κ3) is 4.69. The molecule has 2 heterocycles. The molecular weight excluding hydrogens is 396 g/mol. The van der Waals surface area contributed by atoms with Crippen LogP contribution >= 0.6 is 0 Å². The summed E-state index contributed by atoms with van der Waals surface area (Å²) in [5.74, 6) is -3.48. The molecule has 5 heteroatoms. The van der Waals surface area contributed by atoms with Gasteiger partial charge < -0.3 is 9.47 Å². The predicted molar refractivity (Wildman–Crippen MR) is 118 cm³/mol. The smallest absolute Gasteiger partial charge is 0.269 e. The molecule has 0 amide bonds. The van der Waals surface area contributed by atoms with E-state index >= 15 is 8.78 Å². The molecule has 0 spiro atoms. The van der Waals surface area contributed by atoms with Crippen LogP contribution in [0.15, 0.2) is 60.7 Å². The first-order valence-corrected chi connectivity index (χ1v) is 11.5. The van der Waals surface area contributed by atoms with Gasteiger partial charge in [0.2, 0.25) is 0 Å². The van der Waals surface area contributed by atoms with Crippen molar-refractivity contribution >= 4 is 0 Å². The molecule has 2 aromatic rings. The van der Waals surface area contributed by atoms with Gasteiger partial charge >= 0.3 is 0 Å². The normalized spacial score (nSPS) is 29.9. The quantitative estimate of drug-likeness (QED) is 0.511. The van der Waals surface area contributed by atoms with Crippen LogP contribution in [0.5, 0.6) is 0 Å². The number of rotatable bonds is 9. The molecule has 5 atom stereocenters. The number of unbranched alkanes of at least 4 members (excludes halogenated alkanes) is 1. The molecule has 0 unspecified atom stereocenters. The third-order valence-corrected chi connectivity index (χ3v) is 6.76. The molecule has 0 aromatic heterocycles. The summed E-state index contributed by atoms with van der Waals surface area (Å²) in [5, 5.41) is 0. The van der Waals surface area contributed by atoms with Gasteiger partial charge in [-0.3, -0.25) is 4.90 Å². The van der Waals surface area contributed by atoms with E-state index in [1.807, 2.05) is 65.6 Å². The van der Waals surface area contributed by atoms with Crippen molar-refractivity contribution in [1.82, 2.24) is 4.90 Å². The first-order valence-electron chi connectivity index (χ1n) is 11.5. The molecule has 0 radical (unpaired) electrons. The Morgan fingerprint density at radius 3 is 2.00 bits per heavy atom. The highest BCUT2D eigenvalue weighted by Gasteiger charge is 2.66. The minimum absolute atomic E-state index is 0.0507. The maximum atomic E-state index is 15.3. The number of alkyl halides is 2. The Balaban J connectivity index is 1.59. The lowest BCUT2D eigenvalue weighted by Gasteiger charge is -2.30. The number of halogens is 2. The Kier molecular flexibility index (Phi) is 7.05. The van der Waals surface area contributed by atoms with E-state index in [0.29, 0.717) is 19.8 Å². The van der Waals surface area contributed by atoms with E-state index in [4.69, 9.17) is 9.47 Å². The average Bonchev–Trinajstić information content (AvgIpc) is 3.20. The molecule has 2 fully saturated rings. The summed E-state index contributed by atoms with van der Waals surface area (Å²) < 4.78 is 43.3. The molecule has 0 N–H and O–H groups in total. The summed E-state index contributed by atoms with van der Waals surface area (Å²) in [6.07, 6.45) is 1.83. The summed E-state index contributed by atoms with van der Waals surface area (Å²) in [5.41, 5.74) is 2.04. The van der Waals surface area contributed by atoms with Crippen molar-refractivity contribution in [2.75, 3.05) is 6.54 Å². The maximum Gasteiger partial charge on any atom is 0.269 e. The molecule has 4 rings (SSSR count). The van der Waals surface area contributed by atoms with Crippen LogP contribution in [-0.2, 0) is 22.7 Å². The molecule has 0 aliphatic carbocycles. The van der Waals surface area contributed by atoms with Gasteiger partial charge in [-0.25, -0.2) is 8.78 Å². The number of nitrogens with zero attached hydrogens (tertiary/aromatic N) is 1. The molecule has 2 aliphatic heterocycles. The lowest BCUT2D eigenvalue weighted by atomic mass is 9.94. The van der Waals surface area contributed by atoms with Crippen molar-refractivity contribution in [2.45, 2.75) is 76.5 Å². The zero-order valence-electron chi connectivity index (χ0n) is 18.4. The van der Waals surface area contributed by atoms with Crippen LogP contribution in [0.1, 0.15) is 44.2 Å². The number of fused-ring (bicyclic) bond motifs is 1. The number of benzene rings is 2. The highest BCUT2D eigenvalue weighted by Crippen LogP contribution is 2.49. The van der Waals surface area contributed by atoms with Crippen molar-refractivity contribution in [3.05, 3.63) is 71.8 Å². The Morgan fingerprint density at radius 1 is 0.903 bits per heavy atom. The third-order valence-electron chi connectivity index (χ3n) is 6.76. The Hall–Kier alpha value is -1.82. The Bertz CT molecular complexity index is 817. The minimum atomic E-state index is -2.79. The topological polar surface area (TPSA) is 21.7 Å². The predicted octanol–water partition coefficient (Wildman–Crippen LogP) is 5.69. The van der Waals surface area contributed by atoms with Gasteiger partial charge in [0.25, 0.3) is 5.92 Å². The summed E-state index contributed by atoms with van der Waals surface area (Å²) in [4.78, 5) is 1.99. The van der Waals surface area contributed by atoms with Crippen LogP contribution in [0.3, 0.4) is 0 Å². The lowest BCUT2D eigenvalue weighted by molar-refractivity contribution is -0.130.